The van der Waals surface area contributed by atoms with Crippen LogP contribution in [0.3, 0.4) is 0 Å². The van der Waals surface area contributed by atoms with E-state index in [9.17, 15) is 18.0 Å². The van der Waals surface area contributed by atoms with Crippen LogP contribution >= 0.6 is 0 Å². The van der Waals surface area contributed by atoms with Crippen molar-refractivity contribution < 1.29 is 22.4 Å². The van der Waals surface area contributed by atoms with Gasteiger partial charge in [0.05, 0.1) is 17.9 Å². The van der Waals surface area contributed by atoms with Crippen molar-refractivity contribution in [2.24, 2.45) is 7.05 Å². The molecule has 1 atom stereocenters. The molecule has 46 heavy (non-hydrogen) atoms. The minimum atomic E-state index is -4.78. The Hall–Kier alpha value is -5.44. The molecule has 1 amide bonds. The summed E-state index contributed by atoms with van der Waals surface area (Å²) in [7, 11) is 1.95. The highest BCUT2D eigenvalue weighted by atomic mass is 19.4. The van der Waals surface area contributed by atoms with Gasteiger partial charge in [-0.25, -0.2) is 9.97 Å². The molecular formula is C31H27F3N10O2. The second-order valence-electron chi connectivity index (χ2n) is 10.9. The highest BCUT2D eigenvalue weighted by Crippen LogP contribution is 2.31. The van der Waals surface area contributed by atoms with Crippen LogP contribution < -0.4 is 0 Å². The zero-order valence-electron chi connectivity index (χ0n) is 24.8. The van der Waals surface area contributed by atoms with Gasteiger partial charge in [-0.1, -0.05) is 35.1 Å². The van der Waals surface area contributed by atoms with E-state index in [2.05, 4.69) is 30.4 Å². The van der Waals surface area contributed by atoms with Crippen LogP contribution in [-0.4, -0.2) is 81.6 Å². The average molecular weight is 629 g/mol. The number of rotatable bonds is 6. The third-order valence-electron chi connectivity index (χ3n) is 8.11. The molecule has 4 aromatic heterocycles. The monoisotopic (exact) mass is 628 g/mol. The number of tetrazole rings is 1. The number of pyridine rings is 1. The number of amides is 1. The minimum Gasteiger partial charge on any atom is -0.436 e. The van der Waals surface area contributed by atoms with E-state index < -0.39 is 12.3 Å². The number of carbonyl (C=O) groups excluding carboxylic acids is 1. The SMILES string of the molecule is Cc1ncc(-c2ccc3oc(-c4ccnc(C(=O)N5CCN(C(c6ccccc6)c6nnn(C(F)(F)F)n6)CC5)c4)nc3c2)n1C. The zero-order chi connectivity index (χ0) is 32.0. The number of hydrogen-bond acceptors (Lipinski definition) is 9. The molecule has 7 rings (SSSR count). The van der Waals surface area contributed by atoms with Gasteiger partial charge in [0.2, 0.25) is 5.89 Å². The first-order valence-electron chi connectivity index (χ1n) is 14.5. The maximum Gasteiger partial charge on any atom is 0.522 e. The second kappa shape index (κ2) is 11.5. The second-order valence-corrected chi connectivity index (χ2v) is 10.9. The molecule has 0 saturated carbocycles. The first-order valence-corrected chi connectivity index (χ1v) is 14.5. The van der Waals surface area contributed by atoms with Crippen molar-refractivity contribution in [1.29, 1.82) is 0 Å². The fourth-order valence-corrected chi connectivity index (χ4v) is 5.61. The van der Waals surface area contributed by atoms with Crippen molar-refractivity contribution in [2.45, 2.75) is 19.3 Å². The topological polar surface area (TPSA) is 124 Å². The fraction of sp³-hybridized carbons (Fsp3) is 0.258. The maximum atomic E-state index is 13.5. The lowest BCUT2D eigenvalue weighted by molar-refractivity contribution is -0.222. The predicted molar refractivity (Wildman–Crippen MR) is 159 cm³/mol. The van der Waals surface area contributed by atoms with Gasteiger partial charge in [-0.15, -0.1) is 23.4 Å². The third-order valence-corrected chi connectivity index (χ3v) is 8.11. The lowest BCUT2D eigenvalue weighted by Gasteiger charge is -2.38. The number of hydrogen-bond donors (Lipinski definition) is 0. The molecule has 1 unspecified atom stereocenters. The highest BCUT2D eigenvalue weighted by molar-refractivity contribution is 5.93. The molecule has 0 bridgehead atoms. The number of imidazole rings is 1. The van der Waals surface area contributed by atoms with E-state index in [1.807, 2.05) is 53.9 Å². The fourth-order valence-electron chi connectivity index (χ4n) is 5.61. The summed E-state index contributed by atoms with van der Waals surface area (Å²) in [6.07, 6.45) is -1.42. The number of benzene rings is 2. The molecule has 234 valence electrons. The number of aryl methyl sites for hydroxylation is 1. The lowest BCUT2D eigenvalue weighted by Crippen LogP contribution is -2.50. The van der Waals surface area contributed by atoms with E-state index in [4.69, 9.17) is 4.42 Å². The van der Waals surface area contributed by atoms with E-state index in [1.54, 1.807) is 47.5 Å². The molecule has 0 radical (unpaired) electrons. The molecule has 5 heterocycles. The number of fused-ring (bicyclic) bond motifs is 1. The molecule has 2 aromatic carbocycles. The summed E-state index contributed by atoms with van der Waals surface area (Å²) >= 11 is 0. The molecule has 0 N–H and O–H groups in total. The van der Waals surface area contributed by atoms with Gasteiger partial charge < -0.3 is 13.9 Å². The van der Waals surface area contributed by atoms with Crippen molar-refractivity contribution in [2.75, 3.05) is 26.2 Å². The molecule has 1 aliphatic rings. The molecule has 12 nitrogen and oxygen atoms in total. The summed E-state index contributed by atoms with van der Waals surface area (Å²) < 4.78 is 47.7. The molecule has 0 spiro atoms. The lowest BCUT2D eigenvalue weighted by atomic mass is 10.0. The summed E-state index contributed by atoms with van der Waals surface area (Å²) in [5.41, 5.74) is 4.75. The van der Waals surface area contributed by atoms with Gasteiger partial charge in [-0.3, -0.25) is 14.7 Å². The predicted octanol–water partition coefficient (Wildman–Crippen LogP) is 4.61. The first-order chi connectivity index (χ1) is 22.2. The van der Waals surface area contributed by atoms with E-state index in [1.165, 1.54) is 0 Å². The Morgan fingerprint density at radius 3 is 2.43 bits per heavy atom. The van der Waals surface area contributed by atoms with Crippen molar-refractivity contribution in [3.63, 3.8) is 0 Å². The van der Waals surface area contributed by atoms with Gasteiger partial charge in [-0.05, 0) is 48.0 Å². The van der Waals surface area contributed by atoms with Crippen LogP contribution in [0.25, 0.3) is 33.8 Å². The number of piperazine rings is 1. The molecule has 6 aromatic rings. The summed E-state index contributed by atoms with van der Waals surface area (Å²) in [6, 6.07) is 17.5. The van der Waals surface area contributed by atoms with E-state index in [-0.39, 0.29) is 22.2 Å². The number of halogens is 3. The molecule has 15 heteroatoms. The van der Waals surface area contributed by atoms with Crippen LogP contribution in [-0.2, 0) is 13.3 Å². The number of nitrogens with zero attached hydrogens (tertiary/aromatic N) is 10. The normalized spacial score (nSPS) is 15.0. The van der Waals surface area contributed by atoms with Crippen molar-refractivity contribution in [3.05, 3.63) is 96.0 Å². The van der Waals surface area contributed by atoms with Gasteiger partial charge in [0.25, 0.3) is 5.91 Å². The summed E-state index contributed by atoms with van der Waals surface area (Å²) in [4.78, 5) is 30.2. The van der Waals surface area contributed by atoms with Crippen LogP contribution in [0.5, 0.6) is 0 Å². The Balaban J connectivity index is 1.08. The molecular weight excluding hydrogens is 601 g/mol. The number of oxazole rings is 1. The van der Waals surface area contributed by atoms with Gasteiger partial charge in [-0.2, -0.15) is 0 Å². The summed E-state index contributed by atoms with van der Waals surface area (Å²) in [5, 5.41) is 10.6. The van der Waals surface area contributed by atoms with Gasteiger partial charge in [0, 0.05) is 50.6 Å². The van der Waals surface area contributed by atoms with Crippen LogP contribution in [0.2, 0.25) is 0 Å². The molecule has 1 aliphatic heterocycles. The van der Waals surface area contributed by atoms with Gasteiger partial charge in [0.1, 0.15) is 17.0 Å². The van der Waals surface area contributed by atoms with E-state index in [0.29, 0.717) is 48.7 Å². The van der Waals surface area contributed by atoms with Crippen molar-refractivity contribution in [1.82, 2.24) is 49.5 Å². The first kappa shape index (κ1) is 29.3. The molecule has 1 saturated heterocycles. The summed E-state index contributed by atoms with van der Waals surface area (Å²) in [5.74, 6) is 0.913. The third kappa shape index (κ3) is 5.49. The summed E-state index contributed by atoms with van der Waals surface area (Å²) in [6.45, 7) is 3.32. The van der Waals surface area contributed by atoms with Crippen LogP contribution in [0.15, 0.2) is 77.5 Å². The van der Waals surface area contributed by atoms with Crippen LogP contribution in [0, 0.1) is 6.92 Å². The van der Waals surface area contributed by atoms with E-state index >= 15 is 0 Å². The molecule has 0 aliphatic carbocycles. The number of aromatic nitrogens is 8. The Labute approximate surface area is 260 Å². The Morgan fingerprint density at radius 1 is 0.957 bits per heavy atom. The van der Waals surface area contributed by atoms with E-state index in [0.717, 1.165) is 22.6 Å². The Bertz CT molecular complexity index is 2030. The quantitative estimate of drug-likeness (QED) is 0.260. The Morgan fingerprint density at radius 2 is 1.74 bits per heavy atom. The Kier molecular flexibility index (Phi) is 7.31. The van der Waals surface area contributed by atoms with Gasteiger partial charge in [0.15, 0.2) is 11.4 Å². The van der Waals surface area contributed by atoms with Crippen LogP contribution in [0.1, 0.15) is 33.7 Å². The van der Waals surface area contributed by atoms with Crippen LogP contribution in [0.4, 0.5) is 13.2 Å². The number of carbonyl (C=O) groups is 1. The number of alkyl halides is 3. The highest BCUT2D eigenvalue weighted by Gasteiger charge is 2.37. The van der Waals surface area contributed by atoms with Crippen molar-refractivity contribution in [3.8, 4) is 22.7 Å². The smallest absolute Gasteiger partial charge is 0.436 e. The van der Waals surface area contributed by atoms with Crippen molar-refractivity contribution >= 4 is 17.0 Å². The standard InChI is InChI=1S/C31H27F3N10O2/c1-19-36-18-25(41(19)2)21-8-9-26-23(16-21)37-29(46-26)22-10-11-35-24(17-22)30(45)43-14-12-42(13-15-43)27(20-6-4-3-5-7-20)28-38-40-44(39-28)31(32,33)34/h3-11,16-18,27H,12-15H2,1-2H3. The minimum absolute atomic E-state index is 0.0708. The maximum absolute atomic E-state index is 13.5. The average Bonchev–Trinajstić information content (AvgIpc) is 3.81. The molecule has 1 fully saturated rings. The van der Waals surface area contributed by atoms with Gasteiger partial charge >= 0.3 is 6.30 Å². The zero-order valence-corrected chi connectivity index (χ0v) is 24.8. The largest absolute Gasteiger partial charge is 0.522 e.